The van der Waals surface area contributed by atoms with Gasteiger partial charge < -0.3 is 0 Å². The van der Waals surface area contributed by atoms with Gasteiger partial charge in [-0.25, -0.2) is 0 Å². The Morgan fingerprint density at radius 2 is 1.45 bits per heavy atom. The average Bonchev–Trinajstić information content (AvgIpc) is 3.13. The molecule has 0 radical (unpaired) electrons. The van der Waals surface area contributed by atoms with Crippen molar-refractivity contribution in [2.75, 3.05) is 0 Å². The summed E-state index contributed by atoms with van der Waals surface area (Å²) in [6, 6.07) is 20.0. The summed E-state index contributed by atoms with van der Waals surface area (Å²) in [5.74, 6) is 0.626. The van der Waals surface area contributed by atoms with E-state index in [1.54, 1.807) is 0 Å². The van der Waals surface area contributed by atoms with E-state index < -0.39 is 0 Å². The maximum atomic E-state index is 2.32. The molecule has 0 N–H and O–H groups in total. The van der Waals surface area contributed by atoms with Crippen LogP contribution in [0, 0.1) is 0 Å². The summed E-state index contributed by atoms with van der Waals surface area (Å²) in [5, 5.41) is 4.43. The molecule has 4 rings (SSSR count). The average molecular weight is 296 g/mol. The Morgan fingerprint density at radius 1 is 0.800 bits per heavy atom. The summed E-state index contributed by atoms with van der Waals surface area (Å²) in [4.78, 5) is 3.06. The predicted octanol–water partition coefficient (Wildman–Crippen LogP) is 5.67. The molecule has 1 atom stereocenters. The molecule has 0 spiro atoms. The first-order chi connectivity index (χ1) is 9.91. The van der Waals surface area contributed by atoms with E-state index in [0.29, 0.717) is 5.92 Å². The van der Waals surface area contributed by atoms with E-state index in [1.807, 2.05) is 22.7 Å². The lowest BCUT2D eigenvalue weighted by molar-refractivity contribution is 0.251. The van der Waals surface area contributed by atoms with Crippen molar-refractivity contribution in [2.45, 2.75) is 24.2 Å². The molecule has 2 aromatic heterocycles. The van der Waals surface area contributed by atoms with E-state index in [1.165, 1.54) is 28.2 Å². The van der Waals surface area contributed by atoms with Gasteiger partial charge in [0.05, 0.1) is 0 Å². The van der Waals surface area contributed by atoms with Crippen molar-refractivity contribution in [3.05, 3.63) is 80.7 Å². The van der Waals surface area contributed by atoms with Gasteiger partial charge in [0.25, 0.3) is 0 Å². The van der Waals surface area contributed by atoms with E-state index in [2.05, 4.69) is 65.4 Å². The SMILES string of the molecule is c1ccc(C2CCC2(c2cccs2)c2cccs2)cc1. The third kappa shape index (κ3) is 1.72. The summed E-state index contributed by atoms with van der Waals surface area (Å²) in [6.45, 7) is 0. The van der Waals surface area contributed by atoms with Gasteiger partial charge in [-0.15, -0.1) is 22.7 Å². The van der Waals surface area contributed by atoms with Crippen molar-refractivity contribution in [3.8, 4) is 0 Å². The lowest BCUT2D eigenvalue weighted by Gasteiger charge is -2.49. The number of benzene rings is 1. The topological polar surface area (TPSA) is 0 Å². The number of rotatable bonds is 3. The molecule has 0 saturated heterocycles. The minimum Gasteiger partial charge on any atom is -0.148 e. The van der Waals surface area contributed by atoms with Crippen molar-refractivity contribution in [2.24, 2.45) is 0 Å². The van der Waals surface area contributed by atoms with Crippen LogP contribution in [0.3, 0.4) is 0 Å². The van der Waals surface area contributed by atoms with Crippen molar-refractivity contribution >= 4 is 22.7 Å². The molecular formula is C18H16S2. The maximum Gasteiger partial charge on any atom is 0.0458 e. The van der Waals surface area contributed by atoms with Crippen LogP contribution in [0.2, 0.25) is 0 Å². The quantitative estimate of drug-likeness (QED) is 0.584. The molecular weight excluding hydrogens is 280 g/mol. The Morgan fingerprint density at radius 3 is 1.90 bits per heavy atom. The molecule has 1 aliphatic carbocycles. The Bertz CT molecular complexity index is 631. The first kappa shape index (κ1) is 12.4. The molecule has 1 aliphatic rings. The smallest absolute Gasteiger partial charge is 0.0458 e. The van der Waals surface area contributed by atoms with Crippen LogP contribution < -0.4 is 0 Å². The van der Waals surface area contributed by atoms with Crippen LogP contribution in [-0.4, -0.2) is 0 Å². The lowest BCUT2D eigenvalue weighted by Crippen LogP contribution is -2.42. The van der Waals surface area contributed by atoms with Gasteiger partial charge in [0.15, 0.2) is 0 Å². The van der Waals surface area contributed by atoms with Gasteiger partial charge >= 0.3 is 0 Å². The second-order valence-electron chi connectivity index (χ2n) is 5.43. The van der Waals surface area contributed by atoms with Crippen LogP contribution in [0.5, 0.6) is 0 Å². The molecule has 20 heavy (non-hydrogen) atoms. The minimum absolute atomic E-state index is 0.226. The predicted molar refractivity (Wildman–Crippen MR) is 87.8 cm³/mol. The Kier molecular flexibility index (Phi) is 3.01. The largest absolute Gasteiger partial charge is 0.148 e. The van der Waals surface area contributed by atoms with E-state index in [4.69, 9.17) is 0 Å². The van der Waals surface area contributed by atoms with Crippen LogP contribution in [-0.2, 0) is 5.41 Å². The highest BCUT2D eigenvalue weighted by Gasteiger charge is 2.51. The van der Waals surface area contributed by atoms with Crippen LogP contribution in [0.15, 0.2) is 65.4 Å². The molecule has 0 bridgehead atoms. The zero-order chi connectivity index (χ0) is 13.4. The lowest BCUT2D eigenvalue weighted by atomic mass is 9.56. The second-order valence-corrected chi connectivity index (χ2v) is 7.32. The fraction of sp³-hybridized carbons (Fsp3) is 0.222. The fourth-order valence-electron chi connectivity index (χ4n) is 3.49. The number of thiophene rings is 2. The summed E-state index contributed by atoms with van der Waals surface area (Å²) < 4.78 is 0. The Labute approximate surface area is 127 Å². The van der Waals surface area contributed by atoms with Crippen LogP contribution in [0.25, 0.3) is 0 Å². The highest BCUT2D eigenvalue weighted by Crippen LogP contribution is 2.60. The summed E-state index contributed by atoms with van der Waals surface area (Å²) >= 11 is 3.82. The molecule has 1 saturated carbocycles. The molecule has 2 heteroatoms. The van der Waals surface area contributed by atoms with Crippen molar-refractivity contribution in [1.29, 1.82) is 0 Å². The van der Waals surface area contributed by atoms with Gasteiger partial charge in [-0.2, -0.15) is 0 Å². The molecule has 0 aliphatic heterocycles. The summed E-state index contributed by atoms with van der Waals surface area (Å²) in [7, 11) is 0. The molecule has 0 nitrogen and oxygen atoms in total. The van der Waals surface area contributed by atoms with Crippen molar-refractivity contribution < 1.29 is 0 Å². The second kappa shape index (κ2) is 4.87. The van der Waals surface area contributed by atoms with E-state index in [9.17, 15) is 0 Å². The van der Waals surface area contributed by atoms with Gasteiger partial charge in [0, 0.05) is 15.2 Å². The van der Waals surface area contributed by atoms with Crippen LogP contribution in [0.4, 0.5) is 0 Å². The van der Waals surface area contributed by atoms with Crippen molar-refractivity contribution in [1.82, 2.24) is 0 Å². The zero-order valence-corrected chi connectivity index (χ0v) is 12.8. The Hall–Kier alpha value is -1.38. The molecule has 3 aromatic rings. The third-order valence-corrected chi connectivity index (χ3v) is 6.64. The monoisotopic (exact) mass is 296 g/mol. The highest BCUT2D eigenvalue weighted by molar-refractivity contribution is 7.11. The van der Waals surface area contributed by atoms with Gasteiger partial charge in [-0.05, 0) is 47.2 Å². The van der Waals surface area contributed by atoms with Gasteiger partial charge in [-0.3, -0.25) is 0 Å². The number of hydrogen-bond donors (Lipinski definition) is 0. The molecule has 1 fully saturated rings. The standard InChI is InChI=1S/C18H16S2/c1-2-6-14(7-3-1)15-10-11-18(15,16-8-4-12-19-16)17-9-5-13-20-17/h1-9,12-13,15H,10-11H2. The van der Waals surface area contributed by atoms with Gasteiger partial charge in [0.2, 0.25) is 0 Å². The van der Waals surface area contributed by atoms with E-state index in [0.717, 1.165) is 0 Å². The normalized spacial score (nSPS) is 20.5. The number of hydrogen-bond acceptors (Lipinski definition) is 2. The maximum absolute atomic E-state index is 2.32. The van der Waals surface area contributed by atoms with Gasteiger partial charge in [0.1, 0.15) is 0 Å². The van der Waals surface area contributed by atoms with Crippen LogP contribution >= 0.6 is 22.7 Å². The first-order valence-electron chi connectivity index (χ1n) is 7.04. The van der Waals surface area contributed by atoms with Gasteiger partial charge in [-0.1, -0.05) is 42.5 Å². The minimum atomic E-state index is 0.226. The third-order valence-electron chi connectivity index (χ3n) is 4.55. The van der Waals surface area contributed by atoms with Crippen molar-refractivity contribution in [3.63, 3.8) is 0 Å². The fourth-order valence-corrected chi connectivity index (χ4v) is 5.61. The summed E-state index contributed by atoms with van der Waals surface area (Å²) in [6.07, 6.45) is 2.56. The molecule has 100 valence electrons. The Balaban J connectivity index is 1.85. The molecule has 2 heterocycles. The molecule has 0 amide bonds. The zero-order valence-electron chi connectivity index (χ0n) is 11.2. The molecule has 1 aromatic carbocycles. The highest BCUT2D eigenvalue weighted by atomic mass is 32.1. The van der Waals surface area contributed by atoms with Crippen LogP contribution in [0.1, 0.15) is 34.1 Å². The first-order valence-corrected chi connectivity index (χ1v) is 8.80. The molecule has 1 unspecified atom stereocenters. The van der Waals surface area contributed by atoms with E-state index in [-0.39, 0.29) is 5.41 Å². The summed E-state index contributed by atoms with van der Waals surface area (Å²) in [5.41, 5.74) is 1.71. The van der Waals surface area contributed by atoms with E-state index >= 15 is 0 Å².